The molecule has 0 radical (unpaired) electrons. The number of hydrogen-bond acceptors (Lipinski definition) is 5. The van der Waals surface area contributed by atoms with Gasteiger partial charge in [0.25, 0.3) is 5.91 Å². The molecule has 0 unspecified atom stereocenters. The highest BCUT2D eigenvalue weighted by Gasteiger charge is 2.45. The highest BCUT2D eigenvalue weighted by molar-refractivity contribution is 6.32. The highest BCUT2D eigenvalue weighted by atomic mass is 35.5. The molecule has 1 spiro atoms. The van der Waals surface area contributed by atoms with Gasteiger partial charge in [0.05, 0.1) is 35.4 Å². The van der Waals surface area contributed by atoms with Crippen LogP contribution in [-0.4, -0.2) is 42.6 Å². The molecule has 166 valence electrons. The molecule has 2 aromatic heterocycles. The minimum Gasteiger partial charge on any atom is -0.493 e. The largest absolute Gasteiger partial charge is 0.493 e. The van der Waals surface area contributed by atoms with E-state index < -0.39 is 5.82 Å². The molecule has 3 aromatic rings. The second-order valence-corrected chi connectivity index (χ2v) is 8.55. The van der Waals surface area contributed by atoms with Crippen LogP contribution in [0.4, 0.5) is 15.8 Å². The van der Waals surface area contributed by atoms with E-state index in [1.165, 1.54) is 12.4 Å². The van der Waals surface area contributed by atoms with Gasteiger partial charge in [-0.2, -0.15) is 0 Å². The summed E-state index contributed by atoms with van der Waals surface area (Å²) in [5.41, 5.74) is 3.15. The number of aromatic nitrogens is 2. The summed E-state index contributed by atoms with van der Waals surface area (Å²) in [4.78, 5) is 20.0. The molecule has 1 amide bonds. The number of halogens is 2. The van der Waals surface area contributed by atoms with Crippen molar-refractivity contribution in [2.75, 3.05) is 32.1 Å². The van der Waals surface area contributed by atoms with Gasteiger partial charge in [0, 0.05) is 29.3 Å². The Labute approximate surface area is 189 Å². The van der Waals surface area contributed by atoms with Crippen LogP contribution in [0.25, 0.3) is 11.3 Å². The van der Waals surface area contributed by atoms with Crippen LogP contribution in [0.15, 0.2) is 36.7 Å². The molecule has 2 aliphatic heterocycles. The summed E-state index contributed by atoms with van der Waals surface area (Å²) in [7, 11) is 1.55. The zero-order valence-corrected chi connectivity index (χ0v) is 18.3. The third-order valence-electron chi connectivity index (χ3n) is 6.38. The molecule has 5 rings (SSSR count). The van der Waals surface area contributed by atoms with Crippen molar-refractivity contribution in [3.05, 3.63) is 58.8 Å². The lowest BCUT2D eigenvalue weighted by Gasteiger charge is -2.41. The molecule has 0 bridgehead atoms. The molecule has 32 heavy (non-hydrogen) atoms. The van der Waals surface area contributed by atoms with E-state index >= 15 is 0 Å². The van der Waals surface area contributed by atoms with Gasteiger partial charge in [0.15, 0.2) is 11.6 Å². The first-order chi connectivity index (χ1) is 15.5. The number of anilines is 2. The number of rotatable bonds is 4. The van der Waals surface area contributed by atoms with Crippen LogP contribution in [-0.2, 0) is 5.41 Å². The topological polar surface area (TPSA) is 91.1 Å². The lowest BCUT2D eigenvalue weighted by molar-refractivity contribution is 0.0910. The number of H-pyrrole nitrogens is 1. The molecule has 9 heteroatoms. The summed E-state index contributed by atoms with van der Waals surface area (Å²) in [6, 6.07) is 6.99. The number of nitrogens with zero attached hydrogens (tertiary/aromatic N) is 1. The molecule has 1 saturated heterocycles. The maximum absolute atomic E-state index is 14.8. The number of para-hydroxylation sites is 1. The summed E-state index contributed by atoms with van der Waals surface area (Å²) in [6.07, 6.45) is 4.39. The molecule has 1 fully saturated rings. The van der Waals surface area contributed by atoms with Crippen LogP contribution < -0.4 is 20.7 Å². The summed E-state index contributed by atoms with van der Waals surface area (Å²) in [6.45, 7) is 2.19. The fourth-order valence-electron chi connectivity index (χ4n) is 4.81. The van der Waals surface area contributed by atoms with Crippen molar-refractivity contribution in [3.8, 4) is 17.0 Å². The van der Waals surface area contributed by atoms with Crippen molar-refractivity contribution < 1.29 is 13.9 Å². The number of hydrogen-bond donors (Lipinski definition) is 4. The minimum absolute atomic E-state index is 0.203. The number of methoxy groups -OCH3 is 1. The number of nitrogens with one attached hydrogen (secondary N) is 4. The summed E-state index contributed by atoms with van der Waals surface area (Å²) in [5.74, 6) is -0.206. The average molecular weight is 456 g/mol. The monoisotopic (exact) mass is 455 g/mol. The van der Waals surface area contributed by atoms with Crippen molar-refractivity contribution in [2.45, 2.75) is 18.3 Å². The molecule has 4 N–H and O–H groups in total. The molecular formula is C23H23ClFN5O2. The number of benzene rings is 1. The van der Waals surface area contributed by atoms with E-state index in [-0.39, 0.29) is 11.3 Å². The van der Waals surface area contributed by atoms with Crippen molar-refractivity contribution in [3.63, 3.8) is 0 Å². The lowest BCUT2D eigenvalue weighted by Crippen LogP contribution is -2.51. The zero-order valence-electron chi connectivity index (χ0n) is 17.5. The summed E-state index contributed by atoms with van der Waals surface area (Å²) < 4.78 is 20.4. The first-order valence-corrected chi connectivity index (χ1v) is 10.9. The van der Waals surface area contributed by atoms with E-state index in [0.29, 0.717) is 45.6 Å². The summed E-state index contributed by atoms with van der Waals surface area (Å²) in [5, 5.41) is 10.3. The van der Waals surface area contributed by atoms with E-state index in [1.807, 2.05) is 12.1 Å². The second-order valence-electron chi connectivity index (χ2n) is 8.14. The lowest BCUT2D eigenvalue weighted by atomic mass is 9.70. The van der Waals surface area contributed by atoms with Gasteiger partial charge in [0.2, 0.25) is 0 Å². The smallest absolute Gasteiger partial charge is 0.268 e. The number of pyridine rings is 1. The maximum atomic E-state index is 14.8. The third-order valence-corrected chi connectivity index (χ3v) is 6.68. The van der Waals surface area contributed by atoms with E-state index in [2.05, 4.69) is 25.9 Å². The standard InChI is InChI=1S/C23H23ClFN5O2/c1-32-21-14(24)3-2-4-16(21)29-19-17-20(30-18(19)13-5-8-27-11-15(13)25)22(31)28-12-23(17)6-9-26-10-7-23/h2-5,8,11,26,29-30H,6-7,9-10,12H2,1H3,(H,28,31). The number of amides is 1. The molecule has 0 aliphatic carbocycles. The quantitative estimate of drug-likeness (QED) is 0.477. The number of carbonyl (C=O) groups excluding carboxylic acids is 1. The molecule has 0 saturated carbocycles. The third kappa shape index (κ3) is 3.30. The summed E-state index contributed by atoms with van der Waals surface area (Å²) >= 11 is 6.35. The second kappa shape index (κ2) is 8.11. The Morgan fingerprint density at radius 2 is 2.03 bits per heavy atom. The van der Waals surface area contributed by atoms with Crippen LogP contribution in [0.1, 0.15) is 28.9 Å². The van der Waals surface area contributed by atoms with Crippen molar-refractivity contribution in [1.82, 2.24) is 20.6 Å². The van der Waals surface area contributed by atoms with Crippen molar-refractivity contribution in [1.29, 1.82) is 0 Å². The Morgan fingerprint density at radius 3 is 2.78 bits per heavy atom. The number of piperidine rings is 1. The van der Waals surface area contributed by atoms with Crippen LogP contribution in [0.2, 0.25) is 5.02 Å². The van der Waals surface area contributed by atoms with Crippen LogP contribution in [0, 0.1) is 5.82 Å². The number of ether oxygens (including phenoxy) is 1. The van der Waals surface area contributed by atoms with Crippen molar-refractivity contribution in [2.24, 2.45) is 0 Å². The average Bonchev–Trinajstić information content (AvgIpc) is 3.18. The predicted molar refractivity (Wildman–Crippen MR) is 121 cm³/mol. The van der Waals surface area contributed by atoms with E-state index in [1.54, 1.807) is 19.2 Å². The fourth-order valence-corrected chi connectivity index (χ4v) is 5.07. The Hall–Kier alpha value is -3.10. The van der Waals surface area contributed by atoms with Crippen molar-refractivity contribution >= 4 is 28.9 Å². The molecule has 1 aromatic carbocycles. The Morgan fingerprint density at radius 1 is 1.22 bits per heavy atom. The van der Waals surface area contributed by atoms with Crippen LogP contribution in [0.3, 0.4) is 0 Å². The highest BCUT2D eigenvalue weighted by Crippen LogP contribution is 2.48. The van der Waals surface area contributed by atoms with Crippen LogP contribution in [0.5, 0.6) is 5.75 Å². The van der Waals surface area contributed by atoms with Gasteiger partial charge in [-0.25, -0.2) is 4.39 Å². The van der Waals surface area contributed by atoms with E-state index in [0.717, 1.165) is 31.5 Å². The van der Waals surface area contributed by atoms with Gasteiger partial charge in [-0.1, -0.05) is 17.7 Å². The fraction of sp³-hybridized carbons (Fsp3) is 0.304. The Kier molecular flexibility index (Phi) is 5.27. The molecule has 2 aliphatic rings. The Balaban J connectivity index is 1.76. The van der Waals surface area contributed by atoms with Gasteiger partial charge in [-0.3, -0.25) is 9.78 Å². The van der Waals surface area contributed by atoms with Gasteiger partial charge in [0.1, 0.15) is 5.69 Å². The first-order valence-electron chi connectivity index (χ1n) is 10.5. The normalized spacial score (nSPS) is 17.0. The van der Waals surface area contributed by atoms with Crippen LogP contribution >= 0.6 is 11.6 Å². The van der Waals surface area contributed by atoms with E-state index in [4.69, 9.17) is 16.3 Å². The SMILES string of the molecule is COc1c(Cl)cccc1Nc1c(-c2ccncc2F)[nH]c2c1C1(CCNCC1)CNC2=O. The van der Waals surface area contributed by atoms with Gasteiger partial charge in [-0.15, -0.1) is 0 Å². The van der Waals surface area contributed by atoms with Gasteiger partial charge in [-0.05, 0) is 44.1 Å². The number of aromatic amines is 1. The number of fused-ring (bicyclic) bond motifs is 2. The minimum atomic E-state index is -0.480. The van der Waals surface area contributed by atoms with Gasteiger partial charge >= 0.3 is 0 Å². The predicted octanol–water partition coefficient (Wildman–Crippen LogP) is 3.99. The maximum Gasteiger partial charge on any atom is 0.268 e. The Bertz CT molecular complexity index is 1190. The van der Waals surface area contributed by atoms with Gasteiger partial charge < -0.3 is 25.7 Å². The van der Waals surface area contributed by atoms with E-state index in [9.17, 15) is 9.18 Å². The molecule has 4 heterocycles. The molecule has 7 nitrogen and oxygen atoms in total. The number of carbonyl (C=O) groups is 1. The zero-order chi connectivity index (χ0) is 22.3. The first kappa shape index (κ1) is 20.8. The molecular weight excluding hydrogens is 433 g/mol. The molecule has 0 atom stereocenters.